The van der Waals surface area contributed by atoms with Crippen LogP contribution in [0.5, 0.6) is 0 Å². The Balaban J connectivity index is 1.69. The van der Waals surface area contributed by atoms with Gasteiger partial charge in [0.05, 0.1) is 10.3 Å². The second-order valence-corrected chi connectivity index (χ2v) is 8.21. The van der Waals surface area contributed by atoms with Crippen LogP contribution in [-0.2, 0) is 0 Å². The largest absolute Gasteiger partial charge is 0.319 e. The number of aryl methyl sites for hydroxylation is 1. The molecule has 2 nitrogen and oxygen atoms in total. The third kappa shape index (κ3) is 4.09. The summed E-state index contributed by atoms with van der Waals surface area (Å²) >= 11 is 3.90. The number of anilines is 1. The number of carbonyl (C=O) groups is 1. The van der Waals surface area contributed by atoms with Crippen molar-refractivity contribution in [3.63, 3.8) is 0 Å². The summed E-state index contributed by atoms with van der Waals surface area (Å²) in [6, 6.07) is 12.4. The second kappa shape index (κ2) is 7.41. The molecule has 1 fully saturated rings. The third-order valence-corrected chi connectivity index (χ3v) is 6.66. The Morgan fingerprint density at radius 1 is 1.13 bits per heavy atom. The van der Waals surface area contributed by atoms with Gasteiger partial charge in [-0.25, -0.2) is 4.39 Å². The molecule has 0 unspecified atom stereocenters. The maximum atomic E-state index is 13.8. The molecule has 1 amide bonds. The topological polar surface area (TPSA) is 29.1 Å². The van der Waals surface area contributed by atoms with E-state index in [1.807, 2.05) is 54.7 Å². The molecule has 3 rings (SSSR count). The molecule has 23 heavy (non-hydrogen) atoms. The Morgan fingerprint density at radius 2 is 1.83 bits per heavy atom. The van der Waals surface area contributed by atoms with Gasteiger partial charge in [0.15, 0.2) is 0 Å². The first-order chi connectivity index (χ1) is 11.1. The minimum Gasteiger partial charge on any atom is -0.319 e. The summed E-state index contributed by atoms with van der Waals surface area (Å²) in [5, 5.41) is 2.63. The van der Waals surface area contributed by atoms with E-state index in [0.717, 1.165) is 5.56 Å². The summed E-state index contributed by atoms with van der Waals surface area (Å²) in [6.07, 6.45) is 1.26. The smallest absolute Gasteiger partial charge is 0.255 e. The SMILES string of the molecule is Cc1ccc(NC(=O)c2ccc(C3SCCCS3)cc2)c(F)c1. The molecule has 0 aromatic heterocycles. The first-order valence-electron chi connectivity index (χ1n) is 7.54. The van der Waals surface area contributed by atoms with Gasteiger partial charge >= 0.3 is 0 Å². The lowest BCUT2D eigenvalue weighted by molar-refractivity contribution is 0.102. The lowest BCUT2D eigenvalue weighted by atomic mass is 10.1. The van der Waals surface area contributed by atoms with E-state index in [0.29, 0.717) is 10.1 Å². The summed E-state index contributed by atoms with van der Waals surface area (Å²) in [6.45, 7) is 1.81. The number of thioether (sulfide) groups is 2. The monoisotopic (exact) mass is 347 g/mol. The van der Waals surface area contributed by atoms with Crippen LogP contribution < -0.4 is 5.32 Å². The van der Waals surface area contributed by atoms with Crippen molar-refractivity contribution in [2.75, 3.05) is 16.8 Å². The van der Waals surface area contributed by atoms with Crippen molar-refractivity contribution in [1.29, 1.82) is 0 Å². The van der Waals surface area contributed by atoms with Gasteiger partial charge in [0, 0.05) is 5.56 Å². The molecule has 0 radical (unpaired) electrons. The number of halogens is 1. The Kier molecular flexibility index (Phi) is 5.28. The van der Waals surface area contributed by atoms with Crippen LogP contribution in [-0.4, -0.2) is 17.4 Å². The highest BCUT2D eigenvalue weighted by Crippen LogP contribution is 2.43. The Hall–Kier alpha value is -1.46. The fourth-order valence-electron chi connectivity index (χ4n) is 2.39. The van der Waals surface area contributed by atoms with Gasteiger partial charge in [-0.05, 0) is 60.2 Å². The summed E-state index contributed by atoms with van der Waals surface area (Å²) in [5.74, 6) is 1.67. The average Bonchev–Trinajstić information content (AvgIpc) is 2.58. The first kappa shape index (κ1) is 16.4. The van der Waals surface area contributed by atoms with Crippen molar-refractivity contribution in [3.05, 3.63) is 65.0 Å². The van der Waals surface area contributed by atoms with Crippen LogP contribution in [0.2, 0.25) is 0 Å². The van der Waals surface area contributed by atoms with Gasteiger partial charge in [0.2, 0.25) is 0 Å². The summed E-state index contributed by atoms with van der Waals surface area (Å²) in [4.78, 5) is 12.3. The van der Waals surface area contributed by atoms with Crippen LogP contribution in [0, 0.1) is 12.7 Å². The van der Waals surface area contributed by atoms with Crippen LogP contribution in [0.4, 0.5) is 10.1 Å². The molecule has 0 saturated carbocycles. The van der Waals surface area contributed by atoms with Gasteiger partial charge in [0.1, 0.15) is 5.82 Å². The fraction of sp³-hybridized carbons (Fsp3) is 0.278. The van der Waals surface area contributed by atoms with E-state index >= 15 is 0 Å². The number of nitrogens with one attached hydrogen (secondary N) is 1. The van der Waals surface area contributed by atoms with Gasteiger partial charge in [-0.3, -0.25) is 4.79 Å². The van der Waals surface area contributed by atoms with E-state index < -0.39 is 5.82 Å². The Bertz CT molecular complexity index is 697. The van der Waals surface area contributed by atoms with Gasteiger partial charge in [0.25, 0.3) is 5.91 Å². The molecule has 2 aromatic rings. The van der Waals surface area contributed by atoms with Crippen LogP contribution in [0.25, 0.3) is 0 Å². The molecule has 1 heterocycles. The molecule has 5 heteroatoms. The van der Waals surface area contributed by atoms with Crippen LogP contribution >= 0.6 is 23.5 Å². The highest BCUT2D eigenvalue weighted by molar-refractivity contribution is 8.16. The molecule has 120 valence electrons. The number of rotatable bonds is 3. The molecule has 0 atom stereocenters. The maximum absolute atomic E-state index is 13.8. The van der Waals surface area contributed by atoms with E-state index in [1.165, 1.54) is 29.6 Å². The van der Waals surface area contributed by atoms with Crippen LogP contribution in [0.15, 0.2) is 42.5 Å². The molecule has 0 aliphatic carbocycles. The van der Waals surface area contributed by atoms with Gasteiger partial charge < -0.3 is 5.32 Å². The van der Waals surface area contributed by atoms with Crippen molar-refractivity contribution >= 4 is 35.1 Å². The molecule has 2 aromatic carbocycles. The van der Waals surface area contributed by atoms with Crippen LogP contribution in [0.1, 0.15) is 32.5 Å². The molecule has 0 bridgehead atoms. The van der Waals surface area contributed by atoms with Crippen molar-refractivity contribution < 1.29 is 9.18 Å². The fourth-order valence-corrected chi connectivity index (χ4v) is 5.28. The standard InChI is InChI=1S/C18H18FNOS2/c1-12-3-8-16(15(19)11-12)20-17(21)13-4-6-14(7-5-13)18-22-9-2-10-23-18/h3-8,11,18H,2,9-10H2,1H3,(H,20,21). The quantitative estimate of drug-likeness (QED) is 0.821. The van der Waals surface area contributed by atoms with Crippen molar-refractivity contribution in [3.8, 4) is 0 Å². The van der Waals surface area contributed by atoms with Gasteiger partial charge in [-0.1, -0.05) is 18.2 Å². The molecule has 1 saturated heterocycles. The number of benzene rings is 2. The highest BCUT2D eigenvalue weighted by Gasteiger charge is 2.17. The van der Waals surface area contributed by atoms with Gasteiger partial charge in [-0.15, -0.1) is 23.5 Å². The zero-order chi connectivity index (χ0) is 16.2. The number of amides is 1. The summed E-state index contributed by atoms with van der Waals surface area (Å²) in [5.41, 5.74) is 2.81. The van der Waals surface area contributed by atoms with Crippen LogP contribution in [0.3, 0.4) is 0 Å². The van der Waals surface area contributed by atoms with E-state index in [2.05, 4.69) is 5.32 Å². The van der Waals surface area contributed by atoms with Crippen molar-refractivity contribution in [2.45, 2.75) is 17.9 Å². The summed E-state index contributed by atoms with van der Waals surface area (Å²) < 4.78 is 14.3. The lowest BCUT2D eigenvalue weighted by Crippen LogP contribution is -2.13. The zero-order valence-electron chi connectivity index (χ0n) is 12.8. The first-order valence-corrected chi connectivity index (χ1v) is 9.64. The van der Waals surface area contributed by atoms with Crippen molar-refractivity contribution in [2.24, 2.45) is 0 Å². The minimum absolute atomic E-state index is 0.211. The summed E-state index contributed by atoms with van der Waals surface area (Å²) in [7, 11) is 0. The lowest BCUT2D eigenvalue weighted by Gasteiger charge is -2.21. The highest BCUT2D eigenvalue weighted by atomic mass is 32.2. The number of hydrogen-bond acceptors (Lipinski definition) is 3. The molecular formula is C18H18FNOS2. The zero-order valence-corrected chi connectivity index (χ0v) is 14.5. The Morgan fingerprint density at radius 3 is 2.48 bits per heavy atom. The number of carbonyl (C=O) groups excluding carboxylic acids is 1. The number of hydrogen-bond donors (Lipinski definition) is 1. The van der Waals surface area contributed by atoms with E-state index in [4.69, 9.17) is 0 Å². The molecule has 0 spiro atoms. The average molecular weight is 347 g/mol. The predicted molar refractivity (Wildman–Crippen MR) is 97.8 cm³/mol. The Labute approximate surface area is 144 Å². The molecular weight excluding hydrogens is 329 g/mol. The molecule has 1 N–H and O–H groups in total. The van der Waals surface area contributed by atoms with E-state index in [1.54, 1.807) is 12.1 Å². The third-order valence-electron chi connectivity index (χ3n) is 3.64. The maximum Gasteiger partial charge on any atom is 0.255 e. The normalized spacial score (nSPS) is 15.4. The van der Waals surface area contributed by atoms with E-state index in [-0.39, 0.29) is 11.6 Å². The predicted octanol–water partition coefficient (Wildman–Crippen LogP) is 5.26. The molecule has 1 aliphatic heterocycles. The van der Waals surface area contributed by atoms with Crippen molar-refractivity contribution in [1.82, 2.24) is 0 Å². The van der Waals surface area contributed by atoms with E-state index in [9.17, 15) is 9.18 Å². The molecule has 1 aliphatic rings. The van der Waals surface area contributed by atoms with Gasteiger partial charge in [-0.2, -0.15) is 0 Å². The minimum atomic E-state index is -0.412. The second-order valence-electron chi connectivity index (χ2n) is 5.49.